The molecule has 0 fully saturated rings. The molecular formula is C13H15NS. The summed E-state index contributed by atoms with van der Waals surface area (Å²) in [6.45, 7) is 5.20. The van der Waals surface area contributed by atoms with E-state index in [0.717, 1.165) is 6.54 Å². The van der Waals surface area contributed by atoms with Crippen LogP contribution in [-0.2, 0) is 6.54 Å². The van der Waals surface area contributed by atoms with Crippen LogP contribution in [0, 0.1) is 13.8 Å². The standard InChI is InChI=1S/C13H15NS/c1-10-3-4-12(11(2)7-10)8-14-13-5-6-15-9-13/h3-7,9,14H,8H2,1-2H3. The molecule has 1 N–H and O–H groups in total. The highest BCUT2D eigenvalue weighted by atomic mass is 32.1. The van der Waals surface area contributed by atoms with Gasteiger partial charge >= 0.3 is 0 Å². The number of thiophene rings is 1. The van der Waals surface area contributed by atoms with E-state index < -0.39 is 0 Å². The predicted molar refractivity (Wildman–Crippen MR) is 67.6 cm³/mol. The van der Waals surface area contributed by atoms with E-state index in [1.165, 1.54) is 22.4 Å². The molecule has 1 heterocycles. The Labute approximate surface area is 94.8 Å². The van der Waals surface area contributed by atoms with Crippen molar-refractivity contribution in [3.05, 3.63) is 51.7 Å². The van der Waals surface area contributed by atoms with Crippen LogP contribution in [0.15, 0.2) is 35.0 Å². The Morgan fingerprint density at radius 1 is 1.20 bits per heavy atom. The lowest BCUT2D eigenvalue weighted by molar-refractivity contribution is 1.12. The Bertz CT molecular complexity index is 432. The number of nitrogens with one attached hydrogen (secondary N) is 1. The molecule has 0 unspecified atom stereocenters. The van der Waals surface area contributed by atoms with Gasteiger partial charge in [0, 0.05) is 17.6 Å². The van der Waals surface area contributed by atoms with Crippen LogP contribution in [0.3, 0.4) is 0 Å². The normalized spacial score (nSPS) is 10.3. The van der Waals surface area contributed by atoms with Crippen molar-refractivity contribution in [3.63, 3.8) is 0 Å². The van der Waals surface area contributed by atoms with Crippen LogP contribution in [-0.4, -0.2) is 0 Å². The highest BCUT2D eigenvalue weighted by Crippen LogP contribution is 2.15. The summed E-state index contributed by atoms with van der Waals surface area (Å²) in [5, 5.41) is 7.63. The molecule has 1 nitrogen and oxygen atoms in total. The van der Waals surface area contributed by atoms with Crippen LogP contribution in [0.1, 0.15) is 16.7 Å². The van der Waals surface area contributed by atoms with Crippen LogP contribution in [0.25, 0.3) is 0 Å². The van der Waals surface area contributed by atoms with E-state index in [4.69, 9.17) is 0 Å². The Morgan fingerprint density at radius 2 is 2.07 bits per heavy atom. The van der Waals surface area contributed by atoms with Crippen LogP contribution in [0.2, 0.25) is 0 Å². The summed E-state index contributed by atoms with van der Waals surface area (Å²) in [6, 6.07) is 8.69. The molecule has 0 spiro atoms. The van der Waals surface area contributed by atoms with E-state index in [9.17, 15) is 0 Å². The summed E-state index contributed by atoms with van der Waals surface area (Å²) in [4.78, 5) is 0. The largest absolute Gasteiger partial charge is 0.380 e. The Balaban J connectivity index is 2.05. The number of benzene rings is 1. The van der Waals surface area contributed by atoms with Crippen LogP contribution in [0.5, 0.6) is 0 Å². The van der Waals surface area contributed by atoms with Gasteiger partial charge in [-0.2, -0.15) is 11.3 Å². The van der Waals surface area contributed by atoms with Crippen molar-refractivity contribution in [3.8, 4) is 0 Å². The van der Waals surface area contributed by atoms with E-state index in [-0.39, 0.29) is 0 Å². The first-order chi connectivity index (χ1) is 7.25. The second-order valence-corrected chi connectivity index (χ2v) is 4.58. The molecule has 78 valence electrons. The molecule has 1 aromatic carbocycles. The zero-order valence-electron chi connectivity index (χ0n) is 9.08. The molecule has 0 aliphatic heterocycles. The van der Waals surface area contributed by atoms with Crippen LogP contribution < -0.4 is 5.32 Å². The van der Waals surface area contributed by atoms with Crippen molar-refractivity contribution in [2.45, 2.75) is 20.4 Å². The molecule has 2 heteroatoms. The van der Waals surface area contributed by atoms with Gasteiger partial charge in [0.2, 0.25) is 0 Å². The fourth-order valence-corrected chi connectivity index (χ4v) is 2.22. The minimum atomic E-state index is 0.906. The SMILES string of the molecule is Cc1ccc(CNc2ccsc2)c(C)c1. The van der Waals surface area contributed by atoms with Gasteiger partial charge in [-0.05, 0) is 36.4 Å². The fourth-order valence-electron chi connectivity index (χ4n) is 1.61. The molecule has 0 bridgehead atoms. The summed E-state index contributed by atoms with van der Waals surface area (Å²) in [7, 11) is 0. The highest BCUT2D eigenvalue weighted by Gasteiger charge is 1.98. The first-order valence-corrected chi connectivity index (χ1v) is 6.02. The molecule has 15 heavy (non-hydrogen) atoms. The molecular weight excluding hydrogens is 202 g/mol. The van der Waals surface area contributed by atoms with E-state index in [1.54, 1.807) is 11.3 Å². The number of aryl methyl sites for hydroxylation is 2. The number of anilines is 1. The van der Waals surface area contributed by atoms with Gasteiger partial charge in [-0.25, -0.2) is 0 Å². The summed E-state index contributed by atoms with van der Waals surface area (Å²) < 4.78 is 0. The summed E-state index contributed by atoms with van der Waals surface area (Å²) in [6.07, 6.45) is 0. The van der Waals surface area contributed by atoms with Gasteiger partial charge in [-0.1, -0.05) is 23.8 Å². The van der Waals surface area contributed by atoms with Gasteiger partial charge in [-0.15, -0.1) is 0 Å². The predicted octanol–water partition coefficient (Wildman–Crippen LogP) is 3.98. The van der Waals surface area contributed by atoms with Crippen molar-refractivity contribution in [2.75, 3.05) is 5.32 Å². The van der Waals surface area contributed by atoms with Gasteiger partial charge in [-0.3, -0.25) is 0 Å². The van der Waals surface area contributed by atoms with Crippen molar-refractivity contribution in [1.82, 2.24) is 0 Å². The first kappa shape index (κ1) is 10.2. The average molecular weight is 217 g/mol. The molecule has 0 radical (unpaired) electrons. The van der Waals surface area contributed by atoms with Crippen molar-refractivity contribution in [1.29, 1.82) is 0 Å². The van der Waals surface area contributed by atoms with Crippen molar-refractivity contribution >= 4 is 17.0 Å². The molecule has 0 saturated heterocycles. The van der Waals surface area contributed by atoms with Gasteiger partial charge in [0.05, 0.1) is 0 Å². The monoisotopic (exact) mass is 217 g/mol. The third-order valence-corrected chi connectivity index (χ3v) is 3.19. The van der Waals surface area contributed by atoms with Gasteiger partial charge in [0.15, 0.2) is 0 Å². The number of hydrogen-bond donors (Lipinski definition) is 1. The Hall–Kier alpha value is -1.28. The second kappa shape index (κ2) is 4.49. The van der Waals surface area contributed by atoms with Gasteiger partial charge < -0.3 is 5.32 Å². The van der Waals surface area contributed by atoms with Gasteiger partial charge in [0.1, 0.15) is 0 Å². The zero-order valence-corrected chi connectivity index (χ0v) is 9.90. The van der Waals surface area contributed by atoms with E-state index in [1.807, 2.05) is 0 Å². The second-order valence-electron chi connectivity index (χ2n) is 3.80. The lowest BCUT2D eigenvalue weighted by Gasteiger charge is -2.08. The Kier molecular flexibility index (Phi) is 3.07. The van der Waals surface area contributed by atoms with Crippen molar-refractivity contribution < 1.29 is 0 Å². The van der Waals surface area contributed by atoms with Crippen molar-refractivity contribution in [2.24, 2.45) is 0 Å². The van der Waals surface area contributed by atoms with E-state index in [0.29, 0.717) is 0 Å². The van der Waals surface area contributed by atoms with E-state index in [2.05, 4.69) is 54.2 Å². The topological polar surface area (TPSA) is 12.0 Å². The maximum atomic E-state index is 3.41. The third-order valence-electron chi connectivity index (χ3n) is 2.50. The Morgan fingerprint density at radius 3 is 2.73 bits per heavy atom. The number of hydrogen-bond acceptors (Lipinski definition) is 2. The lowest BCUT2D eigenvalue weighted by Crippen LogP contribution is -2.00. The summed E-state index contributed by atoms with van der Waals surface area (Å²) in [5.41, 5.74) is 5.26. The fraction of sp³-hybridized carbons (Fsp3) is 0.231. The highest BCUT2D eigenvalue weighted by molar-refractivity contribution is 7.08. The lowest BCUT2D eigenvalue weighted by atomic mass is 10.1. The molecule has 2 rings (SSSR count). The number of rotatable bonds is 3. The smallest absolute Gasteiger partial charge is 0.0451 e. The molecule has 0 saturated carbocycles. The quantitative estimate of drug-likeness (QED) is 0.820. The zero-order chi connectivity index (χ0) is 10.7. The maximum Gasteiger partial charge on any atom is 0.0451 e. The minimum Gasteiger partial charge on any atom is -0.380 e. The molecule has 2 aromatic rings. The average Bonchev–Trinajstić information content (AvgIpc) is 2.69. The maximum absolute atomic E-state index is 3.41. The van der Waals surface area contributed by atoms with Crippen LogP contribution >= 0.6 is 11.3 Å². The molecule has 0 aliphatic rings. The van der Waals surface area contributed by atoms with E-state index >= 15 is 0 Å². The molecule has 0 amide bonds. The molecule has 1 aromatic heterocycles. The minimum absolute atomic E-state index is 0.906. The first-order valence-electron chi connectivity index (χ1n) is 5.08. The third kappa shape index (κ3) is 2.60. The van der Waals surface area contributed by atoms with Crippen LogP contribution in [0.4, 0.5) is 5.69 Å². The molecule has 0 atom stereocenters. The summed E-state index contributed by atoms with van der Waals surface area (Å²) >= 11 is 1.72. The van der Waals surface area contributed by atoms with Gasteiger partial charge in [0.25, 0.3) is 0 Å². The molecule has 0 aliphatic carbocycles. The summed E-state index contributed by atoms with van der Waals surface area (Å²) in [5.74, 6) is 0.